The van der Waals surface area contributed by atoms with Crippen LogP contribution in [0.1, 0.15) is 102 Å². The number of rotatable bonds is 19. The van der Waals surface area contributed by atoms with Gasteiger partial charge in [-0.1, -0.05) is 105 Å². The lowest BCUT2D eigenvalue weighted by molar-refractivity contribution is -0.130. The molecule has 0 atom stereocenters. The third-order valence-corrected chi connectivity index (χ3v) is 6.15. The first kappa shape index (κ1) is 27.0. The van der Waals surface area contributed by atoms with Crippen molar-refractivity contribution in [3.8, 4) is 5.75 Å². The minimum absolute atomic E-state index is 0.217. The summed E-state index contributed by atoms with van der Waals surface area (Å²) in [7, 11) is 1.89. The number of halogens is 1. The summed E-state index contributed by atoms with van der Waals surface area (Å²) in [6, 6.07) is 8.14. The molecule has 0 saturated heterocycles. The third-order valence-electron chi connectivity index (χ3n) is 5.59. The Hall–Kier alpha value is -1.03. The van der Waals surface area contributed by atoms with E-state index in [1.165, 1.54) is 57.8 Å². The zero-order chi connectivity index (χ0) is 21.9. The summed E-state index contributed by atoms with van der Waals surface area (Å²) in [5.41, 5.74) is 1.10. The first-order valence-electron chi connectivity index (χ1n) is 12.2. The topological polar surface area (TPSA) is 29.5 Å². The molecule has 3 nitrogen and oxygen atoms in total. The fraction of sp³-hybridized carbons (Fsp3) is 0.731. The van der Waals surface area contributed by atoms with Crippen LogP contribution in [-0.4, -0.2) is 29.8 Å². The molecule has 1 amide bonds. The fourth-order valence-electron chi connectivity index (χ4n) is 3.63. The normalized spacial score (nSPS) is 10.9. The molecule has 0 radical (unpaired) electrons. The Kier molecular flexibility index (Phi) is 16.8. The second-order valence-corrected chi connectivity index (χ2v) is 9.18. The van der Waals surface area contributed by atoms with Gasteiger partial charge in [0.2, 0.25) is 5.91 Å². The summed E-state index contributed by atoms with van der Waals surface area (Å²) in [5.74, 6) is 1.14. The molecule has 0 fully saturated rings. The van der Waals surface area contributed by atoms with Crippen LogP contribution in [0, 0.1) is 0 Å². The second kappa shape index (κ2) is 18.7. The number of alkyl halides is 1. The molecular weight excluding hydrogens is 438 g/mol. The quantitative estimate of drug-likeness (QED) is 0.148. The summed E-state index contributed by atoms with van der Waals surface area (Å²) in [6.45, 7) is 3.65. The minimum atomic E-state index is 0.217. The molecule has 0 aromatic heterocycles. The lowest BCUT2D eigenvalue weighted by atomic mass is 10.1. The highest BCUT2D eigenvalue weighted by atomic mass is 79.9. The van der Waals surface area contributed by atoms with Crippen molar-refractivity contribution in [2.24, 2.45) is 0 Å². The van der Waals surface area contributed by atoms with Crippen LogP contribution in [-0.2, 0) is 11.3 Å². The lowest BCUT2D eigenvalue weighted by Crippen LogP contribution is -2.26. The Morgan fingerprint density at radius 2 is 1.47 bits per heavy atom. The number of unbranched alkanes of at least 4 members (excludes halogenated alkanes) is 11. The highest BCUT2D eigenvalue weighted by molar-refractivity contribution is 9.09. The van der Waals surface area contributed by atoms with Crippen molar-refractivity contribution in [1.29, 1.82) is 0 Å². The monoisotopic (exact) mass is 481 g/mol. The fourth-order valence-corrected chi connectivity index (χ4v) is 4.03. The van der Waals surface area contributed by atoms with Crippen LogP contribution in [0.25, 0.3) is 0 Å². The second-order valence-electron chi connectivity index (χ2n) is 8.39. The molecule has 0 saturated carbocycles. The number of para-hydroxylation sites is 1. The molecule has 4 heteroatoms. The Morgan fingerprint density at radius 3 is 2.13 bits per heavy atom. The van der Waals surface area contributed by atoms with E-state index < -0.39 is 0 Å². The van der Waals surface area contributed by atoms with Crippen molar-refractivity contribution >= 4 is 21.8 Å². The zero-order valence-electron chi connectivity index (χ0n) is 19.5. The van der Waals surface area contributed by atoms with Gasteiger partial charge < -0.3 is 9.64 Å². The van der Waals surface area contributed by atoms with E-state index in [0.29, 0.717) is 13.0 Å². The molecule has 0 spiro atoms. The van der Waals surface area contributed by atoms with E-state index in [9.17, 15) is 4.79 Å². The SMILES string of the molecule is CCCCCCCCCCCCOc1ccccc1CN(C)C(=O)CCCCCBr. The first-order valence-corrected chi connectivity index (χ1v) is 13.3. The maximum Gasteiger partial charge on any atom is 0.222 e. The number of carbonyl (C=O) groups is 1. The predicted molar refractivity (Wildman–Crippen MR) is 133 cm³/mol. The maximum absolute atomic E-state index is 12.4. The van der Waals surface area contributed by atoms with Crippen LogP contribution in [0.2, 0.25) is 0 Å². The van der Waals surface area contributed by atoms with E-state index >= 15 is 0 Å². The number of benzene rings is 1. The van der Waals surface area contributed by atoms with Crippen LogP contribution < -0.4 is 4.74 Å². The number of hydrogen-bond acceptors (Lipinski definition) is 2. The van der Waals surface area contributed by atoms with E-state index in [1.54, 1.807) is 0 Å². The number of ether oxygens (including phenoxy) is 1. The van der Waals surface area contributed by atoms with Gasteiger partial charge in [-0.05, 0) is 25.3 Å². The minimum Gasteiger partial charge on any atom is -0.493 e. The molecule has 0 aliphatic rings. The van der Waals surface area contributed by atoms with Crippen molar-refractivity contribution < 1.29 is 9.53 Å². The van der Waals surface area contributed by atoms with Crippen LogP contribution in [0.3, 0.4) is 0 Å². The van der Waals surface area contributed by atoms with Crippen molar-refractivity contribution in [2.75, 3.05) is 19.0 Å². The van der Waals surface area contributed by atoms with Crippen molar-refractivity contribution in [2.45, 2.75) is 103 Å². The summed E-state index contributed by atoms with van der Waals surface area (Å²) in [6.07, 6.45) is 17.1. The molecule has 172 valence electrons. The number of carbonyl (C=O) groups excluding carboxylic acids is 1. The summed E-state index contributed by atoms with van der Waals surface area (Å²) < 4.78 is 6.06. The molecule has 0 aliphatic heterocycles. The molecule has 1 aromatic rings. The van der Waals surface area contributed by atoms with Crippen LogP contribution in [0.4, 0.5) is 0 Å². The summed E-state index contributed by atoms with van der Waals surface area (Å²) in [4.78, 5) is 14.2. The van der Waals surface area contributed by atoms with Crippen molar-refractivity contribution in [1.82, 2.24) is 4.90 Å². The van der Waals surface area contributed by atoms with Crippen LogP contribution >= 0.6 is 15.9 Å². The van der Waals surface area contributed by atoms with E-state index in [2.05, 4.69) is 28.9 Å². The van der Waals surface area contributed by atoms with Gasteiger partial charge >= 0.3 is 0 Å². The van der Waals surface area contributed by atoms with Gasteiger partial charge in [-0.3, -0.25) is 4.79 Å². The zero-order valence-corrected chi connectivity index (χ0v) is 21.1. The van der Waals surface area contributed by atoms with Gasteiger partial charge in [0.05, 0.1) is 6.61 Å². The van der Waals surface area contributed by atoms with E-state index in [4.69, 9.17) is 4.74 Å². The van der Waals surface area contributed by atoms with Gasteiger partial charge in [0.1, 0.15) is 5.75 Å². The molecular formula is C26H44BrNO2. The number of nitrogens with zero attached hydrogens (tertiary/aromatic N) is 1. The Bertz CT molecular complexity index is 550. The average Bonchev–Trinajstić information content (AvgIpc) is 2.76. The molecule has 1 aromatic carbocycles. The van der Waals surface area contributed by atoms with Gasteiger partial charge in [0, 0.05) is 30.9 Å². The molecule has 30 heavy (non-hydrogen) atoms. The molecule has 1 rings (SSSR count). The first-order chi connectivity index (χ1) is 14.7. The van der Waals surface area contributed by atoms with Crippen LogP contribution in [0.5, 0.6) is 5.75 Å². The average molecular weight is 483 g/mol. The van der Waals surface area contributed by atoms with Gasteiger partial charge in [-0.25, -0.2) is 0 Å². The smallest absolute Gasteiger partial charge is 0.222 e. The highest BCUT2D eigenvalue weighted by Crippen LogP contribution is 2.21. The molecule has 0 N–H and O–H groups in total. The predicted octanol–water partition coefficient (Wildman–Crippen LogP) is 7.90. The summed E-state index contributed by atoms with van der Waals surface area (Å²) >= 11 is 3.44. The molecule has 0 heterocycles. The van der Waals surface area contributed by atoms with E-state index in [-0.39, 0.29) is 5.91 Å². The molecule has 0 unspecified atom stereocenters. The van der Waals surface area contributed by atoms with Crippen molar-refractivity contribution in [3.05, 3.63) is 29.8 Å². The highest BCUT2D eigenvalue weighted by Gasteiger charge is 2.12. The molecule has 0 aliphatic carbocycles. The van der Waals surface area contributed by atoms with Gasteiger partial charge in [0.15, 0.2) is 0 Å². The van der Waals surface area contributed by atoms with E-state index in [1.807, 2.05) is 30.1 Å². The van der Waals surface area contributed by atoms with Gasteiger partial charge in [-0.2, -0.15) is 0 Å². The van der Waals surface area contributed by atoms with Gasteiger partial charge in [0.25, 0.3) is 0 Å². The van der Waals surface area contributed by atoms with E-state index in [0.717, 1.165) is 48.9 Å². The third kappa shape index (κ3) is 13.3. The Morgan fingerprint density at radius 1 is 0.867 bits per heavy atom. The largest absolute Gasteiger partial charge is 0.493 e. The van der Waals surface area contributed by atoms with Gasteiger partial charge in [-0.15, -0.1) is 0 Å². The Labute approximate surface area is 194 Å². The van der Waals surface area contributed by atoms with Crippen LogP contribution in [0.15, 0.2) is 24.3 Å². The maximum atomic E-state index is 12.4. The van der Waals surface area contributed by atoms with Crippen molar-refractivity contribution in [3.63, 3.8) is 0 Å². The summed E-state index contributed by atoms with van der Waals surface area (Å²) in [5, 5.41) is 1.01. The molecule has 0 bridgehead atoms. The Balaban J connectivity index is 2.21. The number of hydrogen-bond donors (Lipinski definition) is 0. The standard InChI is InChI=1S/C26H44BrNO2/c1-3-4-5-6-7-8-9-10-11-17-22-30-25-19-15-14-18-24(25)23-28(2)26(29)20-13-12-16-21-27/h14-15,18-19H,3-13,16-17,20-23H2,1-2H3. The number of amides is 1. The lowest BCUT2D eigenvalue weighted by Gasteiger charge is -2.19.